The van der Waals surface area contributed by atoms with Gasteiger partial charge < -0.3 is 9.88 Å². The second-order valence-corrected chi connectivity index (χ2v) is 6.17. The Morgan fingerprint density at radius 2 is 2.26 bits per heavy atom. The van der Waals surface area contributed by atoms with Crippen molar-refractivity contribution in [2.45, 2.75) is 31.3 Å². The molecular formula is C15H18BrN3. The third-order valence-corrected chi connectivity index (χ3v) is 4.42. The Bertz CT molecular complexity index is 558. The predicted molar refractivity (Wildman–Crippen MR) is 80.0 cm³/mol. The molecule has 4 heteroatoms. The lowest BCUT2D eigenvalue weighted by molar-refractivity contribution is 0.286. The van der Waals surface area contributed by atoms with Crippen molar-refractivity contribution in [3.63, 3.8) is 0 Å². The van der Waals surface area contributed by atoms with Crippen molar-refractivity contribution < 1.29 is 0 Å². The molecule has 0 bridgehead atoms. The quantitative estimate of drug-likeness (QED) is 0.937. The minimum atomic E-state index is 0.626. The third kappa shape index (κ3) is 2.90. The second kappa shape index (κ2) is 5.47. The molecule has 1 heterocycles. The van der Waals surface area contributed by atoms with E-state index in [-0.39, 0.29) is 0 Å². The molecule has 1 N–H and O–H groups in total. The normalized spacial score (nSPS) is 22.2. The van der Waals surface area contributed by atoms with Crippen molar-refractivity contribution in [3.8, 4) is 0 Å². The van der Waals surface area contributed by atoms with Gasteiger partial charge in [0, 0.05) is 30.0 Å². The van der Waals surface area contributed by atoms with Crippen LogP contribution in [0.2, 0.25) is 0 Å². The number of hydrogen-bond acceptors (Lipinski definition) is 2. The van der Waals surface area contributed by atoms with E-state index in [9.17, 15) is 0 Å². The van der Waals surface area contributed by atoms with E-state index in [1.807, 2.05) is 19.4 Å². The Morgan fingerprint density at radius 1 is 1.42 bits per heavy atom. The Labute approximate surface area is 122 Å². The minimum Gasteiger partial charge on any atom is -0.337 e. The number of benzene rings is 1. The highest BCUT2D eigenvalue weighted by molar-refractivity contribution is 9.10. The number of hydrogen-bond donors (Lipinski definition) is 1. The van der Waals surface area contributed by atoms with E-state index in [2.05, 4.69) is 55.1 Å². The van der Waals surface area contributed by atoms with Crippen LogP contribution in [0.1, 0.15) is 30.1 Å². The zero-order chi connectivity index (χ0) is 13.2. The standard InChI is InChI=1S/C15H18BrN3/c1-19-6-5-17-15(19)10-18-14-8-12(9-14)11-3-2-4-13(16)7-11/h2-7,12,14,18H,8-10H2,1H3. The first kappa shape index (κ1) is 12.9. The highest BCUT2D eigenvalue weighted by Gasteiger charge is 2.29. The summed E-state index contributed by atoms with van der Waals surface area (Å²) >= 11 is 3.54. The molecule has 1 saturated carbocycles. The monoisotopic (exact) mass is 319 g/mol. The zero-order valence-corrected chi connectivity index (χ0v) is 12.6. The number of rotatable bonds is 4. The molecule has 3 rings (SSSR count). The predicted octanol–water partition coefficient (Wildman–Crippen LogP) is 3.22. The SMILES string of the molecule is Cn1ccnc1CNC1CC(c2cccc(Br)c2)C1. The van der Waals surface area contributed by atoms with E-state index >= 15 is 0 Å². The van der Waals surface area contributed by atoms with Gasteiger partial charge in [0.1, 0.15) is 5.82 Å². The molecule has 0 unspecified atom stereocenters. The third-order valence-electron chi connectivity index (χ3n) is 3.93. The molecule has 0 spiro atoms. The van der Waals surface area contributed by atoms with Crippen molar-refractivity contribution in [2.75, 3.05) is 0 Å². The summed E-state index contributed by atoms with van der Waals surface area (Å²) in [5.74, 6) is 1.81. The fourth-order valence-electron chi connectivity index (χ4n) is 2.62. The van der Waals surface area contributed by atoms with Crippen LogP contribution in [0.25, 0.3) is 0 Å². The van der Waals surface area contributed by atoms with Gasteiger partial charge in [-0.15, -0.1) is 0 Å². The first-order valence-corrected chi connectivity index (χ1v) is 7.46. The highest BCUT2D eigenvalue weighted by Crippen LogP contribution is 2.37. The van der Waals surface area contributed by atoms with E-state index < -0.39 is 0 Å². The summed E-state index contributed by atoms with van der Waals surface area (Å²) < 4.78 is 3.24. The van der Waals surface area contributed by atoms with Crippen LogP contribution in [0, 0.1) is 0 Å². The van der Waals surface area contributed by atoms with Gasteiger partial charge in [0.2, 0.25) is 0 Å². The highest BCUT2D eigenvalue weighted by atomic mass is 79.9. The van der Waals surface area contributed by atoms with Gasteiger partial charge in [-0.05, 0) is 36.5 Å². The maximum absolute atomic E-state index is 4.33. The molecule has 1 aromatic heterocycles. The number of aryl methyl sites for hydroxylation is 1. The van der Waals surface area contributed by atoms with E-state index in [4.69, 9.17) is 0 Å². The summed E-state index contributed by atoms with van der Waals surface area (Å²) in [6, 6.07) is 9.29. The summed E-state index contributed by atoms with van der Waals surface area (Å²) in [7, 11) is 2.04. The fraction of sp³-hybridized carbons (Fsp3) is 0.400. The molecular weight excluding hydrogens is 302 g/mol. The first-order chi connectivity index (χ1) is 9.22. The number of nitrogens with zero attached hydrogens (tertiary/aromatic N) is 2. The van der Waals surface area contributed by atoms with Crippen LogP contribution in [0.5, 0.6) is 0 Å². The molecule has 100 valence electrons. The second-order valence-electron chi connectivity index (χ2n) is 5.26. The van der Waals surface area contributed by atoms with Gasteiger partial charge in [-0.25, -0.2) is 4.98 Å². The van der Waals surface area contributed by atoms with Crippen LogP contribution < -0.4 is 5.32 Å². The molecule has 0 radical (unpaired) electrons. The lowest BCUT2D eigenvalue weighted by atomic mass is 9.76. The number of imidazole rings is 1. The Balaban J connectivity index is 1.49. The lowest BCUT2D eigenvalue weighted by Crippen LogP contribution is -2.40. The van der Waals surface area contributed by atoms with Gasteiger partial charge >= 0.3 is 0 Å². The van der Waals surface area contributed by atoms with Gasteiger partial charge in [-0.1, -0.05) is 28.1 Å². The largest absolute Gasteiger partial charge is 0.337 e. The van der Waals surface area contributed by atoms with E-state index in [0.29, 0.717) is 12.0 Å². The molecule has 0 atom stereocenters. The number of aromatic nitrogens is 2. The molecule has 0 amide bonds. The molecule has 0 aliphatic heterocycles. The van der Waals surface area contributed by atoms with Crippen LogP contribution in [0.3, 0.4) is 0 Å². The molecule has 1 fully saturated rings. The van der Waals surface area contributed by atoms with Gasteiger partial charge in [0.05, 0.1) is 6.54 Å². The lowest BCUT2D eigenvalue weighted by Gasteiger charge is -2.36. The van der Waals surface area contributed by atoms with Crippen LogP contribution in [-0.2, 0) is 13.6 Å². The molecule has 1 aliphatic carbocycles. The Hall–Kier alpha value is -1.13. The summed E-state index contributed by atoms with van der Waals surface area (Å²) in [5, 5.41) is 3.58. The van der Waals surface area contributed by atoms with Crippen molar-refractivity contribution in [1.82, 2.24) is 14.9 Å². The van der Waals surface area contributed by atoms with E-state index in [1.54, 1.807) is 0 Å². The van der Waals surface area contributed by atoms with Gasteiger partial charge in [-0.3, -0.25) is 0 Å². The first-order valence-electron chi connectivity index (χ1n) is 6.67. The maximum atomic E-state index is 4.33. The summed E-state index contributed by atoms with van der Waals surface area (Å²) in [6.07, 6.45) is 6.28. The average Bonchev–Trinajstić information content (AvgIpc) is 2.73. The number of nitrogens with one attached hydrogen (secondary N) is 1. The molecule has 1 aromatic carbocycles. The van der Waals surface area contributed by atoms with E-state index in [1.165, 1.54) is 22.9 Å². The van der Waals surface area contributed by atoms with Crippen molar-refractivity contribution in [1.29, 1.82) is 0 Å². The van der Waals surface area contributed by atoms with Crippen LogP contribution in [-0.4, -0.2) is 15.6 Å². The molecule has 0 saturated heterocycles. The molecule has 19 heavy (non-hydrogen) atoms. The van der Waals surface area contributed by atoms with E-state index in [0.717, 1.165) is 12.4 Å². The summed E-state index contributed by atoms with van der Waals surface area (Å²) in [6.45, 7) is 0.860. The van der Waals surface area contributed by atoms with Crippen LogP contribution in [0.4, 0.5) is 0 Å². The van der Waals surface area contributed by atoms with Crippen molar-refractivity contribution >= 4 is 15.9 Å². The van der Waals surface area contributed by atoms with Crippen molar-refractivity contribution in [3.05, 3.63) is 52.5 Å². The van der Waals surface area contributed by atoms with Crippen molar-refractivity contribution in [2.24, 2.45) is 7.05 Å². The molecule has 1 aliphatic rings. The van der Waals surface area contributed by atoms with Crippen LogP contribution in [0.15, 0.2) is 41.1 Å². The summed E-state index contributed by atoms with van der Waals surface area (Å²) in [5.41, 5.74) is 1.45. The molecule has 3 nitrogen and oxygen atoms in total. The van der Waals surface area contributed by atoms with Crippen LogP contribution >= 0.6 is 15.9 Å². The Morgan fingerprint density at radius 3 is 2.95 bits per heavy atom. The smallest absolute Gasteiger partial charge is 0.122 e. The Kier molecular flexibility index (Phi) is 3.71. The van der Waals surface area contributed by atoms with Gasteiger partial charge in [0.15, 0.2) is 0 Å². The summed E-state index contributed by atoms with van der Waals surface area (Å²) in [4.78, 5) is 4.33. The molecule has 2 aromatic rings. The minimum absolute atomic E-state index is 0.626. The zero-order valence-electron chi connectivity index (χ0n) is 11.0. The maximum Gasteiger partial charge on any atom is 0.122 e. The fourth-order valence-corrected chi connectivity index (χ4v) is 3.04. The topological polar surface area (TPSA) is 29.9 Å². The number of halogens is 1. The van der Waals surface area contributed by atoms with Gasteiger partial charge in [-0.2, -0.15) is 0 Å². The van der Waals surface area contributed by atoms with Gasteiger partial charge in [0.25, 0.3) is 0 Å². The average molecular weight is 320 g/mol.